The largest absolute Gasteiger partial charge is 0.417 e. The lowest BCUT2D eigenvalue weighted by Gasteiger charge is -2.12. The summed E-state index contributed by atoms with van der Waals surface area (Å²) >= 11 is 0. The Labute approximate surface area is 89.7 Å². The van der Waals surface area contributed by atoms with Crippen molar-refractivity contribution in [3.05, 3.63) is 28.8 Å². The number of anilines is 1. The van der Waals surface area contributed by atoms with Gasteiger partial charge in [0.25, 0.3) is 0 Å². The van der Waals surface area contributed by atoms with Crippen LogP contribution in [0.4, 0.5) is 18.9 Å². The predicted molar refractivity (Wildman–Crippen MR) is 50.4 cm³/mol. The molecule has 1 rings (SSSR count). The van der Waals surface area contributed by atoms with Gasteiger partial charge in [-0.1, -0.05) is 0 Å². The highest BCUT2D eigenvalue weighted by molar-refractivity contribution is 5.69. The standard InChI is InChI=1S/C10H6F3N3/c1-16-9-6(4-14)2-3-8(7(9)5-15)10(11,12)13/h2-3,16H,1H3. The highest BCUT2D eigenvalue weighted by atomic mass is 19.4. The van der Waals surface area contributed by atoms with Gasteiger partial charge in [0.1, 0.15) is 12.1 Å². The number of halogens is 3. The molecule has 0 spiro atoms. The summed E-state index contributed by atoms with van der Waals surface area (Å²) in [6.45, 7) is 0. The summed E-state index contributed by atoms with van der Waals surface area (Å²) in [4.78, 5) is 0. The molecule has 1 aromatic rings. The molecule has 0 bridgehead atoms. The summed E-state index contributed by atoms with van der Waals surface area (Å²) in [5, 5.41) is 19.8. The van der Waals surface area contributed by atoms with Crippen molar-refractivity contribution in [2.45, 2.75) is 6.18 Å². The third kappa shape index (κ3) is 1.91. The van der Waals surface area contributed by atoms with E-state index in [0.717, 1.165) is 12.1 Å². The zero-order valence-electron chi connectivity index (χ0n) is 8.18. The van der Waals surface area contributed by atoms with Crippen molar-refractivity contribution in [2.75, 3.05) is 12.4 Å². The van der Waals surface area contributed by atoms with Gasteiger partial charge < -0.3 is 5.32 Å². The Hall–Kier alpha value is -2.21. The molecule has 16 heavy (non-hydrogen) atoms. The fraction of sp³-hybridized carbons (Fsp3) is 0.200. The van der Waals surface area contributed by atoms with E-state index in [9.17, 15) is 13.2 Å². The Morgan fingerprint density at radius 1 is 1.19 bits per heavy atom. The van der Waals surface area contributed by atoms with Gasteiger partial charge in [0.05, 0.1) is 22.4 Å². The average Bonchev–Trinajstić information content (AvgIpc) is 2.25. The molecule has 0 atom stereocenters. The molecule has 0 unspecified atom stereocenters. The smallest absolute Gasteiger partial charge is 0.386 e. The molecule has 0 radical (unpaired) electrons. The van der Waals surface area contributed by atoms with E-state index in [4.69, 9.17) is 10.5 Å². The van der Waals surface area contributed by atoms with Crippen LogP contribution in [0.2, 0.25) is 0 Å². The van der Waals surface area contributed by atoms with E-state index >= 15 is 0 Å². The summed E-state index contributed by atoms with van der Waals surface area (Å²) in [6, 6.07) is 4.95. The Bertz CT molecular complexity index is 492. The van der Waals surface area contributed by atoms with Crippen LogP contribution in [-0.2, 0) is 6.18 Å². The minimum absolute atomic E-state index is 0.00653. The third-order valence-electron chi connectivity index (χ3n) is 1.99. The van der Waals surface area contributed by atoms with Crippen LogP contribution in [0.1, 0.15) is 16.7 Å². The number of nitrogens with one attached hydrogen (secondary N) is 1. The number of alkyl halides is 3. The number of rotatable bonds is 1. The summed E-state index contributed by atoms with van der Waals surface area (Å²) in [6.07, 6.45) is -4.61. The topological polar surface area (TPSA) is 59.6 Å². The molecule has 3 nitrogen and oxygen atoms in total. The van der Waals surface area contributed by atoms with Crippen LogP contribution >= 0.6 is 0 Å². The number of hydrogen-bond donors (Lipinski definition) is 1. The Kier molecular flexibility index (Phi) is 3.05. The van der Waals surface area contributed by atoms with E-state index in [0.29, 0.717) is 0 Å². The van der Waals surface area contributed by atoms with Crippen LogP contribution in [0.5, 0.6) is 0 Å². The molecule has 1 N–H and O–H groups in total. The van der Waals surface area contributed by atoms with E-state index in [-0.39, 0.29) is 11.3 Å². The summed E-state index contributed by atoms with van der Waals surface area (Å²) in [7, 11) is 1.36. The first-order valence-corrected chi connectivity index (χ1v) is 4.17. The third-order valence-corrected chi connectivity index (χ3v) is 1.99. The molecule has 6 heteroatoms. The van der Waals surface area contributed by atoms with E-state index in [1.807, 2.05) is 0 Å². The maximum absolute atomic E-state index is 12.5. The quantitative estimate of drug-likeness (QED) is 0.798. The van der Waals surface area contributed by atoms with Crippen LogP contribution in [0.15, 0.2) is 12.1 Å². The highest BCUT2D eigenvalue weighted by Gasteiger charge is 2.35. The molecule has 0 aromatic heterocycles. The second kappa shape index (κ2) is 4.11. The fourth-order valence-corrected chi connectivity index (χ4v) is 1.31. The molecule has 0 amide bonds. The van der Waals surface area contributed by atoms with Crippen molar-refractivity contribution in [1.82, 2.24) is 0 Å². The SMILES string of the molecule is CNc1c(C#N)ccc(C(F)(F)F)c1C#N. The number of nitrogens with zero attached hydrogens (tertiary/aromatic N) is 2. The number of benzene rings is 1. The van der Waals surface area contributed by atoms with E-state index < -0.39 is 17.3 Å². The van der Waals surface area contributed by atoms with Gasteiger partial charge in [-0.3, -0.25) is 0 Å². The maximum atomic E-state index is 12.5. The zero-order valence-corrected chi connectivity index (χ0v) is 8.18. The first-order valence-electron chi connectivity index (χ1n) is 4.17. The first-order chi connectivity index (χ1) is 7.45. The minimum atomic E-state index is -4.61. The average molecular weight is 225 g/mol. The van der Waals surface area contributed by atoms with E-state index in [2.05, 4.69) is 5.32 Å². The fourth-order valence-electron chi connectivity index (χ4n) is 1.31. The van der Waals surface area contributed by atoms with Crippen molar-refractivity contribution in [3.63, 3.8) is 0 Å². The van der Waals surface area contributed by atoms with Crippen LogP contribution in [0.3, 0.4) is 0 Å². The van der Waals surface area contributed by atoms with Gasteiger partial charge in [-0.2, -0.15) is 23.7 Å². The van der Waals surface area contributed by atoms with Gasteiger partial charge in [-0.05, 0) is 12.1 Å². The van der Waals surface area contributed by atoms with Crippen molar-refractivity contribution in [3.8, 4) is 12.1 Å². The number of nitriles is 2. The summed E-state index contributed by atoms with van der Waals surface area (Å²) in [5.74, 6) is 0. The van der Waals surface area contributed by atoms with Crippen LogP contribution in [0, 0.1) is 22.7 Å². The van der Waals surface area contributed by atoms with Crippen LogP contribution < -0.4 is 5.32 Å². The Balaban J connectivity index is 3.60. The molecule has 82 valence electrons. The van der Waals surface area contributed by atoms with Gasteiger partial charge in [-0.15, -0.1) is 0 Å². The molecule has 0 fully saturated rings. The van der Waals surface area contributed by atoms with Gasteiger partial charge in [-0.25, -0.2) is 0 Å². The van der Waals surface area contributed by atoms with Crippen LogP contribution in [0.25, 0.3) is 0 Å². The monoisotopic (exact) mass is 225 g/mol. The van der Waals surface area contributed by atoms with E-state index in [1.165, 1.54) is 13.1 Å². The molecule has 0 saturated carbocycles. The highest BCUT2D eigenvalue weighted by Crippen LogP contribution is 2.35. The van der Waals surface area contributed by atoms with Gasteiger partial charge in [0.15, 0.2) is 0 Å². The lowest BCUT2D eigenvalue weighted by atomic mass is 10.0. The Morgan fingerprint density at radius 2 is 1.81 bits per heavy atom. The minimum Gasteiger partial charge on any atom is -0.386 e. The molecular formula is C10H6F3N3. The second-order valence-corrected chi connectivity index (χ2v) is 2.88. The van der Waals surface area contributed by atoms with Gasteiger partial charge in [0.2, 0.25) is 0 Å². The lowest BCUT2D eigenvalue weighted by Crippen LogP contribution is -2.10. The predicted octanol–water partition coefficient (Wildman–Crippen LogP) is 2.49. The molecule has 0 aliphatic carbocycles. The first kappa shape index (κ1) is 11.9. The van der Waals surface area contributed by atoms with Crippen molar-refractivity contribution in [1.29, 1.82) is 10.5 Å². The number of hydrogen-bond acceptors (Lipinski definition) is 3. The zero-order chi connectivity index (χ0) is 12.3. The van der Waals surface area contributed by atoms with Crippen molar-refractivity contribution >= 4 is 5.69 Å². The summed E-state index contributed by atoms with van der Waals surface area (Å²) < 4.78 is 37.6. The Morgan fingerprint density at radius 3 is 2.19 bits per heavy atom. The van der Waals surface area contributed by atoms with Crippen molar-refractivity contribution in [2.24, 2.45) is 0 Å². The molecule has 0 aliphatic rings. The molecular weight excluding hydrogens is 219 g/mol. The molecule has 1 aromatic carbocycles. The normalized spacial score (nSPS) is 10.4. The van der Waals surface area contributed by atoms with E-state index in [1.54, 1.807) is 6.07 Å². The van der Waals surface area contributed by atoms with Crippen LogP contribution in [-0.4, -0.2) is 7.05 Å². The molecule has 0 heterocycles. The van der Waals surface area contributed by atoms with Crippen molar-refractivity contribution < 1.29 is 13.2 Å². The molecule has 0 saturated heterocycles. The summed E-state index contributed by atoms with van der Waals surface area (Å²) in [5.41, 5.74) is -1.70. The molecule has 0 aliphatic heterocycles. The maximum Gasteiger partial charge on any atom is 0.417 e. The van der Waals surface area contributed by atoms with Gasteiger partial charge in [0, 0.05) is 7.05 Å². The lowest BCUT2D eigenvalue weighted by molar-refractivity contribution is -0.137. The van der Waals surface area contributed by atoms with Gasteiger partial charge >= 0.3 is 6.18 Å². The second-order valence-electron chi connectivity index (χ2n) is 2.88.